The summed E-state index contributed by atoms with van der Waals surface area (Å²) in [4.78, 5) is 0. The molecule has 1 N–H and O–H groups in total. The van der Waals surface area contributed by atoms with Crippen LogP contribution >= 0.6 is 23.1 Å². The fourth-order valence-electron chi connectivity index (χ4n) is 1.23. The highest BCUT2D eigenvalue weighted by atomic mass is 32.2. The first-order chi connectivity index (χ1) is 8.65. The maximum atomic E-state index is 5.01. The highest BCUT2D eigenvalue weighted by Crippen LogP contribution is 2.29. The van der Waals surface area contributed by atoms with Gasteiger partial charge < -0.3 is 9.84 Å². The van der Waals surface area contributed by atoms with Gasteiger partial charge in [0.25, 0.3) is 0 Å². The van der Waals surface area contributed by atoms with Gasteiger partial charge in [-0.25, -0.2) is 0 Å². The van der Waals surface area contributed by atoms with Crippen molar-refractivity contribution in [3.05, 3.63) is 17.5 Å². The van der Waals surface area contributed by atoms with Crippen molar-refractivity contribution in [2.75, 3.05) is 11.9 Å². The molecule has 2 aromatic heterocycles. The third kappa shape index (κ3) is 3.71. The Hall–Kier alpha value is -1.08. The minimum atomic E-state index is 0.602. The molecule has 0 amide bonds. The molecule has 5 nitrogen and oxygen atoms in total. The van der Waals surface area contributed by atoms with Crippen LogP contribution in [-0.4, -0.2) is 21.9 Å². The number of aryl methyl sites for hydroxylation is 1. The molecule has 0 radical (unpaired) electrons. The fraction of sp³-hybridized carbons (Fsp3) is 0.545. The van der Waals surface area contributed by atoms with Crippen LogP contribution < -0.4 is 5.32 Å². The van der Waals surface area contributed by atoms with Crippen LogP contribution in [0.15, 0.2) is 15.1 Å². The third-order valence-corrected chi connectivity index (χ3v) is 4.33. The van der Waals surface area contributed by atoms with Crippen molar-refractivity contribution in [1.29, 1.82) is 0 Å². The van der Waals surface area contributed by atoms with Crippen LogP contribution in [-0.2, 0) is 5.75 Å². The second kappa shape index (κ2) is 6.19. The van der Waals surface area contributed by atoms with E-state index in [1.807, 2.05) is 6.92 Å². The van der Waals surface area contributed by atoms with Gasteiger partial charge in [-0.15, -0.1) is 10.2 Å². The first kappa shape index (κ1) is 13.4. The van der Waals surface area contributed by atoms with E-state index in [2.05, 4.69) is 34.5 Å². The molecule has 2 heterocycles. The molecule has 0 aromatic carbocycles. The maximum absolute atomic E-state index is 5.01. The smallest absolute Gasteiger partial charge is 0.206 e. The molecule has 0 aliphatic rings. The average molecular weight is 284 g/mol. The molecule has 2 aromatic rings. The summed E-state index contributed by atoms with van der Waals surface area (Å²) in [6.45, 7) is 7.17. The van der Waals surface area contributed by atoms with Gasteiger partial charge in [0.2, 0.25) is 5.13 Å². The summed E-state index contributed by atoms with van der Waals surface area (Å²) in [7, 11) is 0. The molecule has 7 heteroatoms. The van der Waals surface area contributed by atoms with Crippen LogP contribution in [0.25, 0.3) is 0 Å². The number of hydrogen-bond acceptors (Lipinski definition) is 7. The van der Waals surface area contributed by atoms with Crippen LogP contribution in [0.5, 0.6) is 0 Å². The van der Waals surface area contributed by atoms with Crippen LogP contribution in [0.2, 0.25) is 0 Å². The zero-order chi connectivity index (χ0) is 13.0. The minimum absolute atomic E-state index is 0.602. The molecule has 0 aliphatic carbocycles. The molecule has 0 unspecified atom stereocenters. The molecule has 0 atom stereocenters. The van der Waals surface area contributed by atoms with E-state index in [9.17, 15) is 0 Å². The van der Waals surface area contributed by atoms with E-state index >= 15 is 0 Å². The molecule has 18 heavy (non-hydrogen) atoms. The number of nitrogens with zero attached hydrogens (tertiary/aromatic N) is 3. The van der Waals surface area contributed by atoms with Gasteiger partial charge in [-0.2, -0.15) is 0 Å². The van der Waals surface area contributed by atoms with Gasteiger partial charge in [-0.3, -0.25) is 0 Å². The lowest BCUT2D eigenvalue weighted by molar-refractivity contribution is 0.396. The zero-order valence-corrected chi connectivity index (χ0v) is 12.3. The van der Waals surface area contributed by atoms with Crippen LogP contribution in [0, 0.1) is 12.8 Å². The van der Waals surface area contributed by atoms with Crippen molar-refractivity contribution in [2.45, 2.75) is 30.9 Å². The van der Waals surface area contributed by atoms with E-state index in [0.717, 1.165) is 33.1 Å². The predicted molar refractivity (Wildman–Crippen MR) is 74.0 cm³/mol. The number of nitrogens with one attached hydrogen (secondary N) is 1. The van der Waals surface area contributed by atoms with Crippen LogP contribution in [0.4, 0.5) is 5.13 Å². The summed E-state index contributed by atoms with van der Waals surface area (Å²) in [6, 6.07) is 0. The summed E-state index contributed by atoms with van der Waals surface area (Å²) >= 11 is 3.23. The molecule has 2 rings (SSSR count). The lowest BCUT2D eigenvalue weighted by Gasteiger charge is -2.03. The predicted octanol–water partition coefficient (Wildman–Crippen LogP) is 3.19. The largest absolute Gasteiger partial charge is 0.361 e. The summed E-state index contributed by atoms with van der Waals surface area (Å²) in [5.74, 6) is 2.28. The number of aromatic nitrogens is 3. The standard InChI is InChI=1S/C11H16N4OS2/c1-7(2)4-12-10-14-15-11(18-10)17-6-9-5-13-16-8(9)3/h5,7H,4,6H2,1-3H3,(H,12,14). The maximum Gasteiger partial charge on any atom is 0.206 e. The Bertz CT molecular complexity index is 495. The van der Waals surface area contributed by atoms with Crippen molar-refractivity contribution < 1.29 is 4.52 Å². The van der Waals surface area contributed by atoms with Gasteiger partial charge in [0.05, 0.1) is 6.20 Å². The monoisotopic (exact) mass is 284 g/mol. The Kier molecular flexibility index (Phi) is 4.60. The zero-order valence-electron chi connectivity index (χ0n) is 10.6. The molecular weight excluding hydrogens is 268 g/mol. The lowest BCUT2D eigenvalue weighted by atomic mass is 10.2. The average Bonchev–Trinajstić information content (AvgIpc) is 2.93. The quantitative estimate of drug-likeness (QED) is 0.822. The second-order valence-electron chi connectivity index (χ2n) is 4.34. The van der Waals surface area contributed by atoms with Gasteiger partial charge in [0.1, 0.15) is 5.76 Å². The van der Waals surface area contributed by atoms with Gasteiger partial charge in [0, 0.05) is 17.9 Å². The molecular formula is C11H16N4OS2. The van der Waals surface area contributed by atoms with E-state index in [1.165, 1.54) is 0 Å². The molecule has 0 fully saturated rings. The first-order valence-electron chi connectivity index (χ1n) is 5.75. The van der Waals surface area contributed by atoms with Crippen LogP contribution in [0.3, 0.4) is 0 Å². The Morgan fingerprint density at radius 2 is 2.28 bits per heavy atom. The van der Waals surface area contributed by atoms with Crippen LogP contribution in [0.1, 0.15) is 25.2 Å². The molecule has 0 spiro atoms. The van der Waals surface area contributed by atoms with Crippen molar-refractivity contribution in [3.8, 4) is 0 Å². The van der Waals surface area contributed by atoms with Gasteiger partial charge in [-0.1, -0.05) is 42.1 Å². The van der Waals surface area contributed by atoms with Gasteiger partial charge >= 0.3 is 0 Å². The fourth-order valence-corrected chi connectivity index (χ4v) is 3.02. The van der Waals surface area contributed by atoms with Gasteiger partial charge in [0.15, 0.2) is 4.34 Å². The minimum Gasteiger partial charge on any atom is -0.361 e. The highest BCUT2D eigenvalue weighted by molar-refractivity contribution is 8.00. The normalized spacial score (nSPS) is 11.1. The Labute approximate surface area is 114 Å². The van der Waals surface area contributed by atoms with Gasteiger partial charge in [-0.05, 0) is 12.8 Å². The van der Waals surface area contributed by atoms with E-state index in [1.54, 1.807) is 29.3 Å². The summed E-state index contributed by atoms with van der Waals surface area (Å²) in [5, 5.41) is 16.2. The van der Waals surface area contributed by atoms with Crippen molar-refractivity contribution in [2.24, 2.45) is 5.92 Å². The SMILES string of the molecule is Cc1oncc1CSc1nnc(NCC(C)C)s1. The summed E-state index contributed by atoms with van der Waals surface area (Å²) in [5.41, 5.74) is 1.10. The Morgan fingerprint density at radius 1 is 1.44 bits per heavy atom. The third-order valence-electron chi connectivity index (χ3n) is 2.27. The number of rotatable bonds is 6. The molecule has 0 saturated heterocycles. The Morgan fingerprint density at radius 3 is 2.94 bits per heavy atom. The summed E-state index contributed by atoms with van der Waals surface area (Å²) < 4.78 is 5.97. The van der Waals surface area contributed by atoms with E-state index in [0.29, 0.717) is 5.92 Å². The second-order valence-corrected chi connectivity index (χ2v) is 6.54. The Balaban J connectivity index is 1.85. The van der Waals surface area contributed by atoms with E-state index in [4.69, 9.17) is 4.52 Å². The topological polar surface area (TPSA) is 63.8 Å². The lowest BCUT2D eigenvalue weighted by Crippen LogP contribution is -2.07. The number of anilines is 1. The summed E-state index contributed by atoms with van der Waals surface area (Å²) in [6.07, 6.45) is 1.75. The van der Waals surface area contributed by atoms with Crippen molar-refractivity contribution in [1.82, 2.24) is 15.4 Å². The molecule has 0 saturated carbocycles. The number of hydrogen-bond donors (Lipinski definition) is 1. The highest BCUT2D eigenvalue weighted by Gasteiger charge is 2.08. The van der Waals surface area contributed by atoms with E-state index in [-0.39, 0.29) is 0 Å². The number of thioether (sulfide) groups is 1. The first-order valence-corrected chi connectivity index (χ1v) is 7.55. The van der Waals surface area contributed by atoms with E-state index < -0.39 is 0 Å². The molecule has 0 bridgehead atoms. The molecule has 98 valence electrons. The van der Waals surface area contributed by atoms with Crippen molar-refractivity contribution >= 4 is 28.2 Å². The van der Waals surface area contributed by atoms with Crippen molar-refractivity contribution in [3.63, 3.8) is 0 Å². The molecule has 0 aliphatic heterocycles.